The molecule has 1 amide bonds. The Kier molecular flexibility index (Phi) is 6.01. The summed E-state index contributed by atoms with van der Waals surface area (Å²) in [5, 5.41) is 3.43. The largest absolute Gasteiger partial charge is 0.494 e. The molecule has 6 nitrogen and oxygen atoms in total. The van der Waals surface area contributed by atoms with Crippen molar-refractivity contribution in [2.75, 3.05) is 11.9 Å². The normalized spacial score (nSPS) is 11.4. The van der Waals surface area contributed by atoms with Crippen LogP contribution in [-0.2, 0) is 21.2 Å². The van der Waals surface area contributed by atoms with E-state index >= 15 is 0 Å². The van der Waals surface area contributed by atoms with Crippen molar-refractivity contribution < 1.29 is 17.9 Å². The van der Waals surface area contributed by atoms with Crippen LogP contribution in [0.1, 0.15) is 12.5 Å². The van der Waals surface area contributed by atoms with Crippen molar-refractivity contribution in [2.24, 2.45) is 0 Å². The average Bonchev–Trinajstić information content (AvgIpc) is 3.15. The molecule has 4 rings (SSSR count). The van der Waals surface area contributed by atoms with Crippen molar-refractivity contribution in [2.45, 2.75) is 30.2 Å². The predicted molar refractivity (Wildman–Crippen MR) is 125 cm³/mol. The van der Waals surface area contributed by atoms with Crippen molar-refractivity contribution in [1.29, 1.82) is 0 Å². The first-order valence-corrected chi connectivity index (χ1v) is 11.8. The van der Waals surface area contributed by atoms with Gasteiger partial charge in [-0.2, -0.15) is 0 Å². The molecule has 0 saturated heterocycles. The number of carbonyl (C=O) groups excluding carboxylic acids is 1. The molecule has 32 heavy (non-hydrogen) atoms. The Bertz CT molecular complexity index is 1360. The molecule has 1 aromatic heterocycles. The van der Waals surface area contributed by atoms with Crippen molar-refractivity contribution in [3.8, 4) is 5.75 Å². The molecule has 0 radical (unpaired) electrons. The highest BCUT2D eigenvalue weighted by molar-refractivity contribution is 7.91. The van der Waals surface area contributed by atoms with Gasteiger partial charge in [0.25, 0.3) is 0 Å². The molecule has 0 aliphatic rings. The number of para-hydroxylation sites is 1. The van der Waals surface area contributed by atoms with E-state index in [0.717, 1.165) is 11.3 Å². The Morgan fingerprint density at radius 3 is 2.34 bits per heavy atom. The van der Waals surface area contributed by atoms with Crippen LogP contribution in [0, 0.1) is 6.92 Å². The minimum atomic E-state index is -3.73. The number of aryl methyl sites for hydroxylation is 1. The second-order valence-electron chi connectivity index (χ2n) is 7.46. The van der Waals surface area contributed by atoms with Gasteiger partial charge in [0.2, 0.25) is 15.7 Å². The van der Waals surface area contributed by atoms with E-state index in [9.17, 15) is 13.2 Å². The van der Waals surface area contributed by atoms with E-state index in [2.05, 4.69) is 5.32 Å². The van der Waals surface area contributed by atoms with Gasteiger partial charge < -0.3 is 14.6 Å². The number of hydrogen-bond donors (Lipinski definition) is 1. The highest BCUT2D eigenvalue weighted by Crippen LogP contribution is 2.30. The van der Waals surface area contributed by atoms with E-state index in [-0.39, 0.29) is 22.2 Å². The smallest absolute Gasteiger partial charge is 0.244 e. The number of benzene rings is 3. The maximum absolute atomic E-state index is 13.3. The fraction of sp³-hybridized carbons (Fsp3) is 0.160. The third-order valence-corrected chi connectivity index (χ3v) is 6.93. The molecule has 164 valence electrons. The van der Waals surface area contributed by atoms with Gasteiger partial charge in [-0.15, -0.1) is 0 Å². The van der Waals surface area contributed by atoms with Crippen LogP contribution in [0.4, 0.5) is 5.69 Å². The van der Waals surface area contributed by atoms with Gasteiger partial charge in [0.05, 0.1) is 16.4 Å². The summed E-state index contributed by atoms with van der Waals surface area (Å²) >= 11 is 0. The molecule has 4 aromatic rings. The van der Waals surface area contributed by atoms with Crippen molar-refractivity contribution in [1.82, 2.24) is 4.57 Å². The molecule has 0 saturated carbocycles. The average molecular weight is 449 g/mol. The van der Waals surface area contributed by atoms with E-state index in [1.165, 1.54) is 6.20 Å². The summed E-state index contributed by atoms with van der Waals surface area (Å²) in [6, 6.07) is 21.1. The number of rotatable bonds is 7. The molecule has 0 aliphatic heterocycles. The van der Waals surface area contributed by atoms with Crippen LogP contribution >= 0.6 is 0 Å². The van der Waals surface area contributed by atoms with Gasteiger partial charge in [-0.1, -0.05) is 35.9 Å². The van der Waals surface area contributed by atoms with Gasteiger partial charge >= 0.3 is 0 Å². The first kappa shape index (κ1) is 21.6. The minimum Gasteiger partial charge on any atom is -0.494 e. The van der Waals surface area contributed by atoms with Crippen molar-refractivity contribution in [3.63, 3.8) is 0 Å². The van der Waals surface area contributed by atoms with Crippen LogP contribution in [0.2, 0.25) is 0 Å². The van der Waals surface area contributed by atoms with Gasteiger partial charge in [-0.25, -0.2) is 8.42 Å². The number of hydrogen-bond acceptors (Lipinski definition) is 4. The number of nitrogens with zero attached hydrogens (tertiary/aromatic N) is 1. The fourth-order valence-electron chi connectivity index (χ4n) is 3.56. The number of ether oxygens (including phenoxy) is 1. The minimum absolute atomic E-state index is 0.0167. The number of nitrogens with one attached hydrogen (secondary N) is 1. The number of sulfone groups is 1. The molecule has 0 aliphatic carbocycles. The van der Waals surface area contributed by atoms with Gasteiger partial charge in [-0.3, -0.25) is 4.79 Å². The quantitative estimate of drug-likeness (QED) is 0.440. The first-order chi connectivity index (χ1) is 15.4. The zero-order chi connectivity index (χ0) is 22.7. The molecule has 1 heterocycles. The third-order valence-electron chi connectivity index (χ3n) is 5.14. The lowest BCUT2D eigenvalue weighted by molar-refractivity contribution is -0.116. The summed E-state index contributed by atoms with van der Waals surface area (Å²) in [7, 11) is -3.73. The zero-order valence-corrected chi connectivity index (χ0v) is 18.7. The summed E-state index contributed by atoms with van der Waals surface area (Å²) in [5.41, 5.74) is 2.31. The Hall–Kier alpha value is -3.58. The van der Waals surface area contributed by atoms with Crippen LogP contribution in [0.5, 0.6) is 5.75 Å². The van der Waals surface area contributed by atoms with Crippen LogP contribution in [0.3, 0.4) is 0 Å². The molecule has 0 fully saturated rings. The first-order valence-electron chi connectivity index (χ1n) is 10.3. The summed E-state index contributed by atoms with van der Waals surface area (Å²) in [5.74, 6) is 0.474. The van der Waals surface area contributed by atoms with Crippen LogP contribution in [0.25, 0.3) is 10.9 Å². The Labute approximate surface area is 187 Å². The number of carbonyl (C=O) groups is 1. The van der Waals surface area contributed by atoms with Crippen LogP contribution in [-0.4, -0.2) is 25.5 Å². The summed E-state index contributed by atoms with van der Waals surface area (Å²) in [4.78, 5) is 13.1. The number of aromatic nitrogens is 1. The second-order valence-corrected chi connectivity index (χ2v) is 9.38. The molecule has 0 atom stereocenters. The van der Waals surface area contributed by atoms with E-state index < -0.39 is 9.84 Å². The molecule has 1 N–H and O–H groups in total. The number of amides is 1. The van der Waals surface area contributed by atoms with E-state index in [1.807, 2.05) is 26.0 Å². The number of anilines is 1. The number of fused-ring (bicyclic) bond motifs is 1. The predicted octanol–water partition coefficient (Wildman–Crippen LogP) is 4.82. The maximum atomic E-state index is 13.3. The Balaban J connectivity index is 1.62. The van der Waals surface area contributed by atoms with Crippen LogP contribution < -0.4 is 10.1 Å². The molecule has 3 aromatic carbocycles. The SMILES string of the molecule is CCOc1ccc(NC(=O)Cn2cc(S(=O)(=O)c3ccc(C)cc3)c3ccccc32)cc1. The van der Waals surface area contributed by atoms with Gasteiger partial charge in [0.1, 0.15) is 12.3 Å². The van der Waals surface area contributed by atoms with Gasteiger partial charge in [-0.05, 0) is 56.3 Å². The van der Waals surface area contributed by atoms with Crippen molar-refractivity contribution in [3.05, 3.63) is 84.6 Å². The Morgan fingerprint density at radius 2 is 1.66 bits per heavy atom. The van der Waals surface area contributed by atoms with Crippen molar-refractivity contribution >= 4 is 32.3 Å². The van der Waals surface area contributed by atoms with E-state index in [1.54, 1.807) is 65.2 Å². The summed E-state index contributed by atoms with van der Waals surface area (Å²) in [6.07, 6.45) is 1.54. The third kappa shape index (κ3) is 4.38. The molecule has 0 bridgehead atoms. The lowest BCUT2D eigenvalue weighted by atomic mass is 10.2. The Morgan fingerprint density at radius 1 is 0.969 bits per heavy atom. The summed E-state index contributed by atoms with van der Waals surface area (Å²) in [6.45, 7) is 4.37. The molecular weight excluding hydrogens is 424 g/mol. The highest BCUT2D eigenvalue weighted by Gasteiger charge is 2.23. The van der Waals surface area contributed by atoms with E-state index in [4.69, 9.17) is 4.74 Å². The molecule has 0 unspecified atom stereocenters. The topological polar surface area (TPSA) is 77.4 Å². The monoisotopic (exact) mass is 448 g/mol. The van der Waals surface area contributed by atoms with E-state index in [0.29, 0.717) is 23.2 Å². The molecule has 7 heteroatoms. The fourth-order valence-corrected chi connectivity index (χ4v) is 5.04. The standard InChI is InChI=1S/C25H24N2O4S/c1-3-31-20-12-10-19(11-13-20)26-25(28)17-27-16-24(22-6-4-5-7-23(22)27)32(29,30)21-14-8-18(2)9-15-21/h4-16H,3,17H2,1-2H3,(H,26,28). The molecular formula is C25H24N2O4S. The van der Waals surface area contributed by atoms with Gasteiger partial charge in [0, 0.05) is 22.8 Å². The summed E-state index contributed by atoms with van der Waals surface area (Å²) < 4.78 is 33.7. The van der Waals surface area contributed by atoms with Crippen LogP contribution in [0.15, 0.2) is 88.8 Å². The van der Waals surface area contributed by atoms with Gasteiger partial charge in [0.15, 0.2) is 0 Å². The second kappa shape index (κ2) is 8.88. The molecule has 0 spiro atoms. The lowest BCUT2D eigenvalue weighted by Crippen LogP contribution is -2.18. The lowest BCUT2D eigenvalue weighted by Gasteiger charge is -2.08. The highest BCUT2D eigenvalue weighted by atomic mass is 32.2. The zero-order valence-electron chi connectivity index (χ0n) is 17.9. The maximum Gasteiger partial charge on any atom is 0.244 e.